The van der Waals surface area contributed by atoms with Crippen molar-refractivity contribution >= 4 is 5.91 Å². The number of para-hydroxylation sites is 1. The number of likely N-dealkylation sites (tertiary alicyclic amines) is 1. The Kier molecular flexibility index (Phi) is 5.02. The SMILES string of the molecule is CCC1CCCN(C(=O)c2cnn(-c3ccccc3F)c2C(F)(F)F)C1. The number of hydrogen-bond donors (Lipinski definition) is 0. The lowest BCUT2D eigenvalue weighted by Gasteiger charge is -2.32. The maximum atomic E-state index is 14.0. The van der Waals surface area contributed by atoms with Crippen LogP contribution >= 0.6 is 0 Å². The summed E-state index contributed by atoms with van der Waals surface area (Å²) >= 11 is 0. The summed E-state index contributed by atoms with van der Waals surface area (Å²) < 4.78 is 55.5. The van der Waals surface area contributed by atoms with Crippen molar-refractivity contribution in [1.82, 2.24) is 14.7 Å². The molecule has 1 amide bonds. The quantitative estimate of drug-likeness (QED) is 0.757. The second-order valence-electron chi connectivity index (χ2n) is 6.44. The van der Waals surface area contributed by atoms with E-state index in [1.165, 1.54) is 23.1 Å². The topological polar surface area (TPSA) is 38.1 Å². The van der Waals surface area contributed by atoms with Crippen LogP contribution < -0.4 is 0 Å². The molecule has 0 bridgehead atoms. The van der Waals surface area contributed by atoms with Crippen LogP contribution in [0.3, 0.4) is 0 Å². The van der Waals surface area contributed by atoms with E-state index in [4.69, 9.17) is 0 Å². The molecule has 2 heterocycles. The number of nitrogens with zero attached hydrogens (tertiary/aromatic N) is 3. The standard InChI is InChI=1S/C18H19F4N3O/c1-2-12-6-5-9-24(11-12)17(26)13-10-23-25(16(13)18(20,21)22)15-8-4-3-7-14(15)19/h3-4,7-8,10,12H,2,5-6,9,11H2,1H3. The highest BCUT2D eigenvalue weighted by atomic mass is 19.4. The van der Waals surface area contributed by atoms with Gasteiger partial charge in [-0.25, -0.2) is 9.07 Å². The molecule has 3 rings (SSSR count). The number of carbonyl (C=O) groups is 1. The van der Waals surface area contributed by atoms with Gasteiger partial charge in [-0.2, -0.15) is 18.3 Å². The fraction of sp³-hybridized carbons (Fsp3) is 0.444. The zero-order valence-corrected chi connectivity index (χ0v) is 14.3. The Balaban J connectivity index is 2.03. The number of benzene rings is 1. The molecule has 1 aliphatic heterocycles. The zero-order valence-electron chi connectivity index (χ0n) is 14.3. The molecule has 4 nitrogen and oxygen atoms in total. The molecule has 1 aromatic carbocycles. The van der Waals surface area contributed by atoms with E-state index < -0.39 is 29.2 Å². The van der Waals surface area contributed by atoms with Crippen molar-refractivity contribution in [2.45, 2.75) is 32.4 Å². The fourth-order valence-electron chi connectivity index (χ4n) is 3.34. The number of carbonyl (C=O) groups excluding carboxylic acids is 1. The lowest BCUT2D eigenvalue weighted by atomic mass is 9.95. The molecule has 1 aromatic heterocycles. The smallest absolute Gasteiger partial charge is 0.338 e. The maximum absolute atomic E-state index is 14.0. The first-order valence-corrected chi connectivity index (χ1v) is 8.52. The van der Waals surface area contributed by atoms with Crippen molar-refractivity contribution in [3.63, 3.8) is 0 Å². The third-order valence-corrected chi connectivity index (χ3v) is 4.73. The molecule has 1 saturated heterocycles. The number of alkyl halides is 3. The predicted octanol–water partition coefficient (Wildman–Crippen LogP) is 4.29. The highest BCUT2D eigenvalue weighted by Crippen LogP contribution is 2.35. The Hall–Kier alpha value is -2.38. The van der Waals surface area contributed by atoms with E-state index in [1.807, 2.05) is 6.92 Å². The first kappa shape index (κ1) is 18.4. The van der Waals surface area contributed by atoms with E-state index in [1.54, 1.807) is 0 Å². The van der Waals surface area contributed by atoms with E-state index in [0.29, 0.717) is 17.8 Å². The molecule has 0 saturated carbocycles. The number of piperidine rings is 1. The molecule has 1 atom stereocenters. The number of amides is 1. The highest BCUT2D eigenvalue weighted by Gasteiger charge is 2.42. The summed E-state index contributed by atoms with van der Waals surface area (Å²) in [6.45, 7) is 2.84. The van der Waals surface area contributed by atoms with Gasteiger partial charge in [0.1, 0.15) is 11.5 Å². The predicted molar refractivity (Wildman–Crippen MR) is 87.4 cm³/mol. The Labute approximate surface area is 148 Å². The van der Waals surface area contributed by atoms with Crippen LogP contribution in [0.1, 0.15) is 42.2 Å². The van der Waals surface area contributed by atoms with Gasteiger partial charge in [0.25, 0.3) is 5.91 Å². The Bertz CT molecular complexity index is 800. The summed E-state index contributed by atoms with van der Waals surface area (Å²) in [6, 6.07) is 5.04. The second kappa shape index (κ2) is 7.09. The van der Waals surface area contributed by atoms with E-state index in [0.717, 1.165) is 31.5 Å². The van der Waals surface area contributed by atoms with Crippen LogP contribution in [0.25, 0.3) is 5.69 Å². The molecule has 2 aromatic rings. The van der Waals surface area contributed by atoms with Crippen molar-refractivity contribution in [3.8, 4) is 5.69 Å². The van der Waals surface area contributed by atoms with Crippen molar-refractivity contribution in [3.05, 3.63) is 47.5 Å². The van der Waals surface area contributed by atoms with Crippen molar-refractivity contribution in [2.75, 3.05) is 13.1 Å². The molecule has 1 aliphatic rings. The molecule has 0 N–H and O–H groups in total. The molecule has 0 aliphatic carbocycles. The Morgan fingerprint density at radius 1 is 1.31 bits per heavy atom. The highest BCUT2D eigenvalue weighted by molar-refractivity contribution is 5.95. The largest absolute Gasteiger partial charge is 0.434 e. The van der Waals surface area contributed by atoms with Gasteiger partial charge >= 0.3 is 6.18 Å². The van der Waals surface area contributed by atoms with Gasteiger partial charge in [-0.15, -0.1) is 0 Å². The molecule has 0 spiro atoms. The fourth-order valence-corrected chi connectivity index (χ4v) is 3.34. The average molecular weight is 369 g/mol. The summed E-state index contributed by atoms with van der Waals surface area (Å²) in [5.41, 5.74) is -2.13. The summed E-state index contributed by atoms with van der Waals surface area (Å²) in [7, 11) is 0. The van der Waals surface area contributed by atoms with Crippen LogP contribution in [0.2, 0.25) is 0 Å². The van der Waals surface area contributed by atoms with Crippen LogP contribution in [0.5, 0.6) is 0 Å². The van der Waals surface area contributed by atoms with Gasteiger partial charge in [-0.1, -0.05) is 25.5 Å². The first-order valence-electron chi connectivity index (χ1n) is 8.52. The third-order valence-electron chi connectivity index (χ3n) is 4.73. The Morgan fingerprint density at radius 2 is 2.04 bits per heavy atom. The van der Waals surface area contributed by atoms with Crippen LogP contribution in [0, 0.1) is 11.7 Å². The van der Waals surface area contributed by atoms with E-state index in [2.05, 4.69) is 5.10 Å². The average Bonchev–Trinajstić information content (AvgIpc) is 3.06. The van der Waals surface area contributed by atoms with Crippen LogP contribution in [0.15, 0.2) is 30.5 Å². The maximum Gasteiger partial charge on any atom is 0.434 e. The minimum Gasteiger partial charge on any atom is -0.338 e. The lowest BCUT2D eigenvalue weighted by Crippen LogP contribution is -2.40. The summed E-state index contributed by atoms with van der Waals surface area (Å²) in [5.74, 6) is -1.27. The third kappa shape index (κ3) is 3.45. The van der Waals surface area contributed by atoms with Gasteiger partial charge in [0.05, 0.1) is 11.8 Å². The summed E-state index contributed by atoms with van der Waals surface area (Å²) in [4.78, 5) is 14.2. The minimum absolute atomic E-state index is 0.281. The van der Waals surface area contributed by atoms with Gasteiger partial charge in [0.15, 0.2) is 5.69 Å². The molecule has 26 heavy (non-hydrogen) atoms. The molecule has 8 heteroatoms. The monoisotopic (exact) mass is 369 g/mol. The molecular weight excluding hydrogens is 350 g/mol. The van der Waals surface area contributed by atoms with Crippen molar-refractivity contribution in [1.29, 1.82) is 0 Å². The number of rotatable bonds is 3. The van der Waals surface area contributed by atoms with E-state index in [9.17, 15) is 22.4 Å². The molecule has 0 radical (unpaired) electrons. The Morgan fingerprint density at radius 3 is 2.69 bits per heavy atom. The van der Waals surface area contributed by atoms with Gasteiger partial charge in [0.2, 0.25) is 0 Å². The number of hydrogen-bond acceptors (Lipinski definition) is 2. The second-order valence-corrected chi connectivity index (χ2v) is 6.44. The molecule has 1 fully saturated rings. The zero-order chi connectivity index (χ0) is 18.9. The minimum atomic E-state index is -4.84. The van der Waals surface area contributed by atoms with Gasteiger partial charge in [-0.3, -0.25) is 4.79 Å². The summed E-state index contributed by atoms with van der Waals surface area (Å²) in [6.07, 6.45) is -1.38. The molecule has 1 unspecified atom stereocenters. The summed E-state index contributed by atoms with van der Waals surface area (Å²) in [5, 5.41) is 3.68. The van der Waals surface area contributed by atoms with Gasteiger partial charge < -0.3 is 4.90 Å². The lowest BCUT2D eigenvalue weighted by molar-refractivity contribution is -0.143. The van der Waals surface area contributed by atoms with Crippen LogP contribution in [-0.4, -0.2) is 33.7 Å². The van der Waals surface area contributed by atoms with Gasteiger partial charge in [-0.05, 0) is 30.9 Å². The van der Waals surface area contributed by atoms with Gasteiger partial charge in [0, 0.05) is 13.1 Å². The number of aromatic nitrogens is 2. The number of halogens is 4. The molecule has 140 valence electrons. The normalized spacial score (nSPS) is 18.2. The van der Waals surface area contributed by atoms with Crippen LogP contribution in [-0.2, 0) is 6.18 Å². The molecular formula is C18H19F4N3O. The first-order chi connectivity index (χ1) is 12.3. The van der Waals surface area contributed by atoms with E-state index >= 15 is 0 Å². The van der Waals surface area contributed by atoms with Crippen molar-refractivity contribution < 1.29 is 22.4 Å². The van der Waals surface area contributed by atoms with E-state index in [-0.39, 0.29) is 11.6 Å². The van der Waals surface area contributed by atoms with Crippen molar-refractivity contribution in [2.24, 2.45) is 5.92 Å². The van der Waals surface area contributed by atoms with Crippen LogP contribution in [0.4, 0.5) is 17.6 Å².